The van der Waals surface area contributed by atoms with Crippen molar-refractivity contribution >= 4 is 11.8 Å². The van der Waals surface area contributed by atoms with E-state index >= 15 is 0 Å². The summed E-state index contributed by atoms with van der Waals surface area (Å²) in [5, 5.41) is 5.65. The third-order valence-corrected chi connectivity index (χ3v) is 3.32. The molecule has 110 valence electrons. The molecule has 0 atom stereocenters. The van der Waals surface area contributed by atoms with Crippen molar-refractivity contribution in [1.29, 1.82) is 0 Å². The van der Waals surface area contributed by atoms with Gasteiger partial charge in [0.2, 0.25) is 0 Å². The zero-order valence-corrected chi connectivity index (χ0v) is 12.9. The standard InChI is InChI=1S/C15H28N2O2/c1-14(2,3)10-15(4,5)17-13(19)12(18)16-11-8-6-7-9-11/h11H,6-10H2,1-5H3,(H,16,18)(H,17,19). The summed E-state index contributed by atoms with van der Waals surface area (Å²) >= 11 is 0. The van der Waals surface area contributed by atoms with Crippen molar-refractivity contribution in [3.05, 3.63) is 0 Å². The first-order valence-electron chi connectivity index (χ1n) is 7.22. The van der Waals surface area contributed by atoms with Gasteiger partial charge in [0.1, 0.15) is 0 Å². The predicted octanol–water partition coefficient (Wildman–Crippen LogP) is 2.38. The Bertz CT molecular complexity index is 337. The minimum atomic E-state index is -0.513. The second-order valence-corrected chi connectivity index (χ2v) is 7.53. The van der Waals surface area contributed by atoms with Gasteiger partial charge in [-0.15, -0.1) is 0 Å². The Hall–Kier alpha value is -1.06. The van der Waals surface area contributed by atoms with Crippen LogP contribution >= 0.6 is 0 Å². The highest BCUT2D eigenvalue weighted by Crippen LogP contribution is 2.26. The lowest BCUT2D eigenvalue weighted by molar-refractivity contribution is -0.140. The van der Waals surface area contributed by atoms with Crippen molar-refractivity contribution in [3.63, 3.8) is 0 Å². The molecule has 0 saturated heterocycles. The maximum atomic E-state index is 11.9. The highest BCUT2D eigenvalue weighted by molar-refractivity contribution is 6.35. The number of amides is 2. The molecule has 1 fully saturated rings. The lowest BCUT2D eigenvalue weighted by Gasteiger charge is -2.33. The van der Waals surface area contributed by atoms with Crippen LogP contribution in [0.15, 0.2) is 0 Å². The number of hydrogen-bond donors (Lipinski definition) is 2. The van der Waals surface area contributed by atoms with Gasteiger partial charge < -0.3 is 10.6 Å². The van der Waals surface area contributed by atoms with E-state index in [-0.39, 0.29) is 17.0 Å². The van der Waals surface area contributed by atoms with Gasteiger partial charge in [-0.3, -0.25) is 9.59 Å². The molecule has 0 aromatic carbocycles. The van der Waals surface area contributed by atoms with Crippen LogP contribution in [0.1, 0.15) is 66.7 Å². The van der Waals surface area contributed by atoms with Crippen LogP contribution in [0, 0.1) is 5.41 Å². The van der Waals surface area contributed by atoms with Crippen LogP contribution in [-0.2, 0) is 9.59 Å². The van der Waals surface area contributed by atoms with Crippen molar-refractivity contribution in [2.45, 2.75) is 78.3 Å². The van der Waals surface area contributed by atoms with Crippen molar-refractivity contribution in [3.8, 4) is 0 Å². The van der Waals surface area contributed by atoms with Gasteiger partial charge in [0, 0.05) is 11.6 Å². The Morgan fingerprint density at radius 3 is 2.00 bits per heavy atom. The molecule has 0 aliphatic heterocycles. The molecule has 19 heavy (non-hydrogen) atoms. The van der Waals surface area contributed by atoms with Crippen LogP contribution in [0.4, 0.5) is 0 Å². The molecule has 1 aliphatic carbocycles. The molecule has 0 heterocycles. The zero-order valence-electron chi connectivity index (χ0n) is 12.9. The van der Waals surface area contributed by atoms with E-state index in [2.05, 4.69) is 31.4 Å². The second-order valence-electron chi connectivity index (χ2n) is 7.53. The van der Waals surface area contributed by atoms with Crippen LogP contribution in [-0.4, -0.2) is 23.4 Å². The largest absolute Gasteiger partial charge is 0.345 e. The first kappa shape index (κ1) is 16.0. The summed E-state index contributed by atoms with van der Waals surface area (Å²) in [6, 6.07) is 0.184. The molecular weight excluding hydrogens is 240 g/mol. The minimum absolute atomic E-state index is 0.110. The number of rotatable bonds is 3. The fourth-order valence-electron chi connectivity index (χ4n) is 3.06. The van der Waals surface area contributed by atoms with Gasteiger partial charge in [0.05, 0.1) is 0 Å². The Morgan fingerprint density at radius 2 is 1.53 bits per heavy atom. The van der Waals surface area contributed by atoms with E-state index in [1.165, 1.54) is 0 Å². The molecule has 0 aromatic heterocycles. The highest BCUT2D eigenvalue weighted by atomic mass is 16.2. The fraction of sp³-hybridized carbons (Fsp3) is 0.867. The van der Waals surface area contributed by atoms with E-state index < -0.39 is 11.8 Å². The van der Waals surface area contributed by atoms with Crippen molar-refractivity contribution in [2.24, 2.45) is 5.41 Å². The second kappa shape index (κ2) is 5.93. The molecule has 2 N–H and O–H groups in total. The Labute approximate surface area is 116 Å². The molecule has 0 aromatic rings. The van der Waals surface area contributed by atoms with Crippen LogP contribution < -0.4 is 10.6 Å². The summed E-state index contributed by atoms with van der Waals surface area (Å²) < 4.78 is 0. The quantitative estimate of drug-likeness (QED) is 0.772. The molecule has 4 nitrogen and oxygen atoms in total. The van der Waals surface area contributed by atoms with Crippen LogP contribution in [0.3, 0.4) is 0 Å². The molecule has 0 bridgehead atoms. The topological polar surface area (TPSA) is 58.2 Å². The number of hydrogen-bond acceptors (Lipinski definition) is 2. The van der Waals surface area contributed by atoms with Gasteiger partial charge in [0.15, 0.2) is 0 Å². The smallest absolute Gasteiger partial charge is 0.309 e. The molecule has 0 spiro atoms. The number of nitrogens with one attached hydrogen (secondary N) is 2. The SMILES string of the molecule is CC(C)(C)CC(C)(C)NC(=O)C(=O)NC1CCCC1. The van der Waals surface area contributed by atoms with E-state index in [0.29, 0.717) is 0 Å². The number of carbonyl (C=O) groups excluding carboxylic acids is 2. The van der Waals surface area contributed by atoms with E-state index in [1.54, 1.807) is 0 Å². The molecule has 1 rings (SSSR count). The third kappa shape index (κ3) is 6.08. The molecule has 0 radical (unpaired) electrons. The van der Waals surface area contributed by atoms with Crippen LogP contribution in [0.5, 0.6) is 0 Å². The first-order chi connectivity index (χ1) is 8.59. The van der Waals surface area contributed by atoms with Gasteiger partial charge in [0.25, 0.3) is 0 Å². The van der Waals surface area contributed by atoms with Gasteiger partial charge in [-0.05, 0) is 38.5 Å². The number of carbonyl (C=O) groups is 2. The Morgan fingerprint density at radius 1 is 1.00 bits per heavy atom. The summed E-state index contributed by atoms with van der Waals surface area (Å²) in [5.74, 6) is -1.00. The lowest BCUT2D eigenvalue weighted by atomic mass is 9.82. The van der Waals surface area contributed by atoms with E-state index in [4.69, 9.17) is 0 Å². The zero-order chi connectivity index (χ0) is 14.7. The maximum Gasteiger partial charge on any atom is 0.309 e. The van der Waals surface area contributed by atoms with Crippen molar-refractivity contribution in [2.75, 3.05) is 0 Å². The maximum absolute atomic E-state index is 11.9. The van der Waals surface area contributed by atoms with Gasteiger partial charge in [-0.1, -0.05) is 33.6 Å². The molecule has 1 aliphatic rings. The lowest BCUT2D eigenvalue weighted by Crippen LogP contribution is -2.52. The molecular formula is C15H28N2O2. The Balaban J connectivity index is 2.46. The summed E-state index contributed by atoms with van der Waals surface area (Å²) in [4.78, 5) is 23.7. The van der Waals surface area contributed by atoms with Gasteiger partial charge in [-0.2, -0.15) is 0 Å². The summed E-state index contributed by atoms with van der Waals surface area (Å²) in [6.07, 6.45) is 5.08. The van der Waals surface area contributed by atoms with Crippen LogP contribution in [0.25, 0.3) is 0 Å². The van der Waals surface area contributed by atoms with Crippen LogP contribution in [0.2, 0.25) is 0 Å². The van der Waals surface area contributed by atoms with E-state index in [0.717, 1.165) is 32.1 Å². The first-order valence-corrected chi connectivity index (χ1v) is 7.22. The van der Waals surface area contributed by atoms with Gasteiger partial charge in [-0.25, -0.2) is 0 Å². The fourth-order valence-corrected chi connectivity index (χ4v) is 3.06. The summed E-state index contributed by atoms with van der Waals surface area (Å²) in [6.45, 7) is 10.3. The van der Waals surface area contributed by atoms with E-state index in [1.807, 2.05) is 13.8 Å². The minimum Gasteiger partial charge on any atom is -0.345 e. The average Bonchev–Trinajstić information content (AvgIpc) is 2.65. The van der Waals surface area contributed by atoms with E-state index in [9.17, 15) is 9.59 Å². The molecule has 2 amide bonds. The molecule has 0 unspecified atom stereocenters. The summed E-state index contributed by atoms with van der Waals surface area (Å²) in [5.41, 5.74) is -0.263. The predicted molar refractivity (Wildman–Crippen MR) is 76.7 cm³/mol. The highest BCUT2D eigenvalue weighted by Gasteiger charge is 2.30. The average molecular weight is 268 g/mol. The van der Waals surface area contributed by atoms with Gasteiger partial charge >= 0.3 is 11.8 Å². The third-order valence-electron chi connectivity index (χ3n) is 3.32. The molecule has 1 saturated carbocycles. The van der Waals surface area contributed by atoms with Crippen molar-refractivity contribution in [1.82, 2.24) is 10.6 Å². The Kier molecular flexibility index (Phi) is 4.99. The summed E-state index contributed by atoms with van der Waals surface area (Å²) in [7, 11) is 0. The van der Waals surface area contributed by atoms with Crippen molar-refractivity contribution < 1.29 is 9.59 Å². The normalized spacial score (nSPS) is 17.3. The molecule has 4 heteroatoms. The monoisotopic (exact) mass is 268 g/mol.